The van der Waals surface area contributed by atoms with Crippen LogP contribution >= 0.6 is 0 Å². The molecule has 5 nitrogen and oxygen atoms in total. The van der Waals surface area contributed by atoms with E-state index < -0.39 is 0 Å². The lowest BCUT2D eigenvalue weighted by Gasteiger charge is -2.38. The third-order valence-electron chi connectivity index (χ3n) is 5.05. The van der Waals surface area contributed by atoms with Gasteiger partial charge in [0.1, 0.15) is 0 Å². The van der Waals surface area contributed by atoms with E-state index in [-0.39, 0.29) is 23.8 Å². The van der Waals surface area contributed by atoms with E-state index in [1.54, 1.807) is 0 Å². The fraction of sp³-hybridized carbons (Fsp3) is 0.650. The van der Waals surface area contributed by atoms with Crippen LogP contribution in [0, 0.1) is 0 Å². The SMILES string of the molecule is CC1(C)C[C@H](NC(=O)N2CCO[C@@H](CCc3ccccc3)C2)CCO1. The van der Waals surface area contributed by atoms with Crippen LogP contribution in [0.15, 0.2) is 30.3 Å². The zero-order valence-corrected chi connectivity index (χ0v) is 15.4. The van der Waals surface area contributed by atoms with Crippen LogP contribution in [-0.2, 0) is 15.9 Å². The van der Waals surface area contributed by atoms with Crippen molar-refractivity contribution in [2.75, 3.05) is 26.3 Å². The molecule has 2 aliphatic heterocycles. The second-order valence-electron chi connectivity index (χ2n) is 7.71. The lowest BCUT2D eigenvalue weighted by atomic mass is 9.94. The molecule has 2 heterocycles. The van der Waals surface area contributed by atoms with Gasteiger partial charge in [0, 0.05) is 25.7 Å². The summed E-state index contributed by atoms with van der Waals surface area (Å²) >= 11 is 0. The van der Waals surface area contributed by atoms with Crippen LogP contribution in [0.2, 0.25) is 0 Å². The molecule has 2 saturated heterocycles. The van der Waals surface area contributed by atoms with Gasteiger partial charge < -0.3 is 19.7 Å². The van der Waals surface area contributed by atoms with Crippen molar-refractivity contribution in [2.45, 2.75) is 57.3 Å². The fourth-order valence-corrected chi connectivity index (χ4v) is 3.67. The highest BCUT2D eigenvalue weighted by atomic mass is 16.5. The maximum absolute atomic E-state index is 12.6. The third-order valence-corrected chi connectivity index (χ3v) is 5.05. The number of morpholine rings is 1. The van der Waals surface area contributed by atoms with Crippen LogP contribution in [-0.4, -0.2) is 55.0 Å². The quantitative estimate of drug-likeness (QED) is 0.912. The van der Waals surface area contributed by atoms with Crippen molar-refractivity contribution in [2.24, 2.45) is 0 Å². The number of carbonyl (C=O) groups is 1. The summed E-state index contributed by atoms with van der Waals surface area (Å²) in [7, 11) is 0. The number of rotatable bonds is 4. The van der Waals surface area contributed by atoms with Gasteiger partial charge in [-0.3, -0.25) is 0 Å². The first kappa shape index (κ1) is 18.2. The molecule has 0 saturated carbocycles. The van der Waals surface area contributed by atoms with Gasteiger partial charge in [-0.25, -0.2) is 4.79 Å². The number of hydrogen-bond acceptors (Lipinski definition) is 3. The Kier molecular flexibility index (Phi) is 5.97. The maximum Gasteiger partial charge on any atom is 0.317 e. The first-order chi connectivity index (χ1) is 12.0. The molecule has 0 unspecified atom stereocenters. The second kappa shape index (κ2) is 8.19. The van der Waals surface area contributed by atoms with Crippen LogP contribution in [0.1, 0.15) is 38.7 Å². The van der Waals surface area contributed by atoms with Crippen LogP contribution in [0.25, 0.3) is 0 Å². The Morgan fingerprint density at radius 3 is 2.84 bits per heavy atom. The predicted molar refractivity (Wildman–Crippen MR) is 97.7 cm³/mol. The van der Waals surface area contributed by atoms with Gasteiger partial charge in [-0.1, -0.05) is 30.3 Å². The Labute approximate surface area is 150 Å². The molecule has 1 N–H and O–H groups in total. The molecule has 25 heavy (non-hydrogen) atoms. The smallest absolute Gasteiger partial charge is 0.317 e. The second-order valence-corrected chi connectivity index (χ2v) is 7.71. The number of hydrogen-bond donors (Lipinski definition) is 1. The van der Waals surface area contributed by atoms with E-state index in [4.69, 9.17) is 9.47 Å². The van der Waals surface area contributed by atoms with Gasteiger partial charge in [0.05, 0.1) is 18.3 Å². The number of urea groups is 1. The Morgan fingerprint density at radius 1 is 1.28 bits per heavy atom. The molecule has 138 valence electrons. The highest BCUT2D eigenvalue weighted by Crippen LogP contribution is 2.24. The third kappa shape index (κ3) is 5.44. The van der Waals surface area contributed by atoms with Crippen molar-refractivity contribution >= 4 is 6.03 Å². The van der Waals surface area contributed by atoms with Gasteiger partial charge in [0.25, 0.3) is 0 Å². The van der Waals surface area contributed by atoms with E-state index in [2.05, 4.69) is 43.4 Å². The molecular formula is C20H30N2O3. The average Bonchev–Trinajstić information content (AvgIpc) is 2.60. The number of nitrogens with one attached hydrogen (secondary N) is 1. The summed E-state index contributed by atoms with van der Waals surface area (Å²) in [5, 5.41) is 3.19. The Bertz CT molecular complexity index is 561. The zero-order chi connectivity index (χ0) is 17.7. The standard InChI is InChI=1S/C20H30N2O3/c1-20(2)14-17(10-12-25-20)21-19(23)22-11-13-24-18(15-22)9-8-16-6-4-3-5-7-16/h3-7,17-18H,8-15H2,1-2H3,(H,21,23)/t17-,18+/m1/s1. The normalized spacial score (nSPS) is 26.2. The van der Waals surface area contributed by atoms with E-state index >= 15 is 0 Å². The van der Waals surface area contributed by atoms with Gasteiger partial charge >= 0.3 is 6.03 Å². The fourth-order valence-electron chi connectivity index (χ4n) is 3.67. The Balaban J connectivity index is 1.46. The van der Waals surface area contributed by atoms with Crippen molar-refractivity contribution < 1.29 is 14.3 Å². The molecule has 0 aliphatic carbocycles. The van der Waals surface area contributed by atoms with Gasteiger partial charge in [0.15, 0.2) is 0 Å². The summed E-state index contributed by atoms with van der Waals surface area (Å²) in [5.74, 6) is 0. The van der Waals surface area contributed by atoms with Crippen molar-refractivity contribution in [3.63, 3.8) is 0 Å². The highest BCUT2D eigenvalue weighted by molar-refractivity contribution is 5.74. The van der Waals surface area contributed by atoms with Gasteiger partial charge in [-0.05, 0) is 45.1 Å². The molecule has 1 aromatic carbocycles. The van der Waals surface area contributed by atoms with Crippen molar-refractivity contribution in [3.05, 3.63) is 35.9 Å². The van der Waals surface area contributed by atoms with Gasteiger partial charge in [-0.2, -0.15) is 0 Å². The topological polar surface area (TPSA) is 50.8 Å². The highest BCUT2D eigenvalue weighted by Gasteiger charge is 2.31. The molecule has 2 aliphatic rings. The summed E-state index contributed by atoms with van der Waals surface area (Å²) in [6, 6.07) is 10.7. The molecule has 0 radical (unpaired) electrons. The molecule has 5 heteroatoms. The van der Waals surface area contributed by atoms with Crippen LogP contribution in [0.3, 0.4) is 0 Å². The number of nitrogens with zero attached hydrogens (tertiary/aromatic N) is 1. The van der Waals surface area contributed by atoms with E-state index in [0.29, 0.717) is 26.3 Å². The average molecular weight is 346 g/mol. The molecule has 2 fully saturated rings. The Morgan fingerprint density at radius 2 is 2.08 bits per heavy atom. The molecule has 0 bridgehead atoms. The molecule has 2 amide bonds. The number of benzene rings is 1. The number of amides is 2. The van der Waals surface area contributed by atoms with Crippen LogP contribution in [0.5, 0.6) is 0 Å². The predicted octanol–water partition coefficient (Wildman–Crippen LogP) is 2.99. The lowest BCUT2D eigenvalue weighted by molar-refractivity contribution is -0.0626. The van der Waals surface area contributed by atoms with Crippen molar-refractivity contribution in [1.29, 1.82) is 0 Å². The summed E-state index contributed by atoms with van der Waals surface area (Å²) in [4.78, 5) is 14.5. The van der Waals surface area contributed by atoms with Crippen molar-refractivity contribution in [1.82, 2.24) is 10.2 Å². The summed E-state index contributed by atoms with van der Waals surface area (Å²) < 4.78 is 11.6. The van der Waals surface area contributed by atoms with Crippen molar-refractivity contribution in [3.8, 4) is 0 Å². The minimum absolute atomic E-state index is 0.0377. The molecule has 2 atom stereocenters. The molecule has 0 aromatic heterocycles. The Hall–Kier alpha value is -1.59. The molecule has 1 aromatic rings. The summed E-state index contributed by atoms with van der Waals surface area (Å²) in [5.41, 5.74) is 1.16. The first-order valence-electron chi connectivity index (χ1n) is 9.37. The maximum atomic E-state index is 12.6. The summed E-state index contributed by atoms with van der Waals surface area (Å²) in [6.07, 6.45) is 3.79. The number of aryl methyl sites for hydroxylation is 1. The molecule has 3 rings (SSSR count). The van der Waals surface area contributed by atoms with E-state index in [0.717, 1.165) is 25.7 Å². The van der Waals surface area contributed by atoms with Crippen LogP contribution in [0.4, 0.5) is 4.79 Å². The minimum atomic E-state index is -0.153. The largest absolute Gasteiger partial charge is 0.375 e. The molecular weight excluding hydrogens is 316 g/mol. The monoisotopic (exact) mass is 346 g/mol. The number of carbonyl (C=O) groups excluding carboxylic acids is 1. The zero-order valence-electron chi connectivity index (χ0n) is 15.4. The number of ether oxygens (including phenoxy) is 2. The first-order valence-corrected chi connectivity index (χ1v) is 9.37. The van der Waals surface area contributed by atoms with Gasteiger partial charge in [0.2, 0.25) is 0 Å². The lowest BCUT2D eigenvalue weighted by Crippen LogP contribution is -2.54. The van der Waals surface area contributed by atoms with E-state index in [1.165, 1.54) is 5.56 Å². The minimum Gasteiger partial charge on any atom is -0.375 e. The van der Waals surface area contributed by atoms with E-state index in [1.807, 2.05) is 11.0 Å². The van der Waals surface area contributed by atoms with E-state index in [9.17, 15) is 4.79 Å². The van der Waals surface area contributed by atoms with Gasteiger partial charge in [-0.15, -0.1) is 0 Å². The van der Waals surface area contributed by atoms with Crippen LogP contribution < -0.4 is 5.32 Å². The molecule has 0 spiro atoms. The summed E-state index contributed by atoms with van der Waals surface area (Å²) in [6.45, 7) is 6.83.